The topological polar surface area (TPSA) is 155 Å². The van der Waals surface area contributed by atoms with Crippen LogP contribution in [0.1, 0.15) is 17.3 Å². The summed E-state index contributed by atoms with van der Waals surface area (Å²) in [4.78, 5) is 32.0. The van der Waals surface area contributed by atoms with E-state index < -0.39 is 43.5 Å². The van der Waals surface area contributed by atoms with E-state index in [0.29, 0.717) is 4.31 Å². The van der Waals surface area contributed by atoms with E-state index >= 15 is 0 Å². The third-order valence-electron chi connectivity index (χ3n) is 3.68. The third kappa shape index (κ3) is 3.87. The first-order valence-corrected chi connectivity index (χ1v) is 8.85. The zero-order chi connectivity index (χ0) is 20.4. The van der Waals surface area contributed by atoms with E-state index in [2.05, 4.69) is 0 Å². The van der Waals surface area contributed by atoms with E-state index in [9.17, 15) is 33.2 Å². The molecule has 0 aliphatic carbocycles. The van der Waals surface area contributed by atoms with Crippen LogP contribution in [0.25, 0.3) is 0 Å². The van der Waals surface area contributed by atoms with Crippen molar-refractivity contribution >= 4 is 33.3 Å². The van der Waals surface area contributed by atoms with E-state index in [1.807, 2.05) is 0 Å². The van der Waals surface area contributed by atoms with Crippen LogP contribution in [-0.4, -0.2) is 41.5 Å². The van der Waals surface area contributed by atoms with Crippen molar-refractivity contribution in [2.24, 2.45) is 0 Å². The number of nitro groups is 1. The second-order valence-electron chi connectivity index (χ2n) is 5.39. The molecule has 0 radical (unpaired) electrons. The fourth-order valence-corrected chi connectivity index (χ4v) is 4.13. The predicted octanol–water partition coefficient (Wildman–Crippen LogP) is 1.96. The SMILES string of the molecule is CC(C(=O)O)N(c1ccc(C(=O)O)cc1)S(=O)(=O)c1ccccc1[N+](=O)[O-]. The van der Waals surface area contributed by atoms with Crippen molar-refractivity contribution in [2.45, 2.75) is 17.9 Å². The molecule has 11 heteroatoms. The number of sulfonamides is 1. The van der Waals surface area contributed by atoms with Gasteiger partial charge in [-0.2, -0.15) is 0 Å². The molecular weight excluding hydrogens is 380 g/mol. The van der Waals surface area contributed by atoms with Crippen LogP contribution in [-0.2, 0) is 14.8 Å². The van der Waals surface area contributed by atoms with Gasteiger partial charge in [0.25, 0.3) is 15.7 Å². The summed E-state index contributed by atoms with van der Waals surface area (Å²) in [5.74, 6) is -2.74. The smallest absolute Gasteiger partial charge is 0.335 e. The van der Waals surface area contributed by atoms with Crippen molar-refractivity contribution in [3.63, 3.8) is 0 Å². The first-order valence-electron chi connectivity index (χ1n) is 7.41. The quantitative estimate of drug-likeness (QED) is 0.533. The van der Waals surface area contributed by atoms with Crippen LogP contribution in [0.2, 0.25) is 0 Å². The fourth-order valence-electron chi connectivity index (χ4n) is 2.35. The van der Waals surface area contributed by atoms with E-state index in [-0.39, 0.29) is 11.3 Å². The van der Waals surface area contributed by atoms with Crippen molar-refractivity contribution in [2.75, 3.05) is 4.31 Å². The molecule has 2 N–H and O–H groups in total. The molecule has 0 heterocycles. The van der Waals surface area contributed by atoms with Gasteiger partial charge in [-0.05, 0) is 37.3 Å². The number of hydrogen-bond acceptors (Lipinski definition) is 6. The molecule has 0 fully saturated rings. The summed E-state index contributed by atoms with van der Waals surface area (Å²) >= 11 is 0. The minimum Gasteiger partial charge on any atom is -0.480 e. The lowest BCUT2D eigenvalue weighted by molar-refractivity contribution is -0.387. The molecule has 0 aliphatic rings. The van der Waals surface area contributed by atoms with Gasteiger partial charge >= 0.3 is 11.9 Å². The standard InChI is InChI=1S/C16H14N2O8S/c1-10(15(19)20)17(12-8-6-11(7-9-12)16(21)22)27(25,26)14-5-3-2-4-13(14)18(23)24/h2-10H,1H3,(H,19,20)(H,21,22). The summed E-state index contributed by atoms with van der Waals surface area (Å²) in [5, 5.41) is 29.4. The zero-order valence-electron chi connectivity index (χ0n) is 13.8. The first kappa shape index (κ1) is 19.8. The normalized spacial score (nSPS) is 12.2. The van der Waals surface area contributed by atoms with Crippen molar-refractivity contribution in [1.29, 1.82) is 0 Å². The summed E-state index contributed by atoms with van der Waals surface area (Å²) in [6.45, 7) is 1.10. The lowest BCUT2D eigenvalue weighted by atomic mass is 10.2. The summed E-state index contributed by atoms with van der Waals surface area (Å²) in [6, 6.07) is 7.39. The highest BCUT2D eigenvalue weighted by Gasteiger charge is 2.37. The molecule has 0 saturated carbocycles. The molecule has 1 unspecified atom stereocenters. The Kier molecular flexibility index (Phi) is 5.45. The van der Waals surface area contributed by atoms with Crippen LogP contribution < -0.4 is 4.31 Å². The maximum atomic E-state index is 13.1. The van der Waals surface area contributed by atoms with Crippen LogP contribution in [0.4, 0.5) is 11.4 Å². The number of aromatic carboxylic acids is 1. The Morgan fingerprint density at radius 3 is 2.11 bits per heavy atom. The number of carbonyl (C=O) groups is 2. The Balaban J connectivity index is 2.69. The van der Waals surface area contributed by atoms with Crippen LogP contribution in [0.5, 0.6) is 0 Å². The largest absolute Gasteiger partial charge is 0.480 e. The highest BCUT2D eigenvalue weighted by atomic mass is 32.2. The fraction of sp³-hybridized carbons (Fsp3) is 0.125. The van der Waals surface area contributed by atoms with E-state index in [0.717, 1.165) is 43.3 Å². The number of rotatable bonds is 7. The Hall–Kier alpha value is -3.47. The highest BCUT2D eigenvalue weighted by Crippen LogP contribution is 2.31. The molecule has 2 rings (SSSR count). The second-order valence-corrected chi connectivity index (χ2v) is 7.18. The number of nitro benzene ring substituents is 1. The van der Waals surface area contributed by atoms with Gasteiger partial charge in [-0.25, -0.2) is 18.0 Å². The number of carboxylic acids is 2. The molecule has 142 valence electrons. The van der Waals surface area contributed by atoms with Gasteiger partial charge in [0.15, 0.2) is 4.90 Å². The van der Waals surface area contributed by atoms with Gasteiger partial charge in [-0.15, -0.1) is 0 Å². The third-order valence-corrected chi connectivity index (χ3v) is 5.62. The molecule has 27 heavy (non-hydrogen) atoms. The van der Waals surface area contributed by atoms with E-state index in [1.165, 1.54) is 12.1 Å². The van der Waals surface area contributed by atoms with Crippen LogP contribution in [0.15, 0.2) is 53.4 Å². The number of nitrogens with zero attached hydrogens (tertiary/aromatic N) is 2. The Bertz CT molecular complexity index is 1000. The van der Waals surface area contributed by atoms with Gasteiger partial charge in [0, 0.05) is 6.07 Å². The molecule has 0 saturated heterocycles. The van der Waals surface area contributed by atoms with Crippen LogP contribution >= 0.6 is 0 Å². The van der Waals surface area contributed by atoms with Crippen molar-refractivity contribution < 1.29 is 33.1 Å². The molecular formula is C16H14N2O8S. The Labute approximate surface area is 153 Å². The lowest BCUT2D eigenvalue weighted by Gasteiger charge is -2.27. The molecule has 1 atom stereocenters. The minimum absolute atomic E-state index is 0.134. The number of aliphatic carboxylic acids is 1. The number of benzene rings is 2. The molecule has 0 amide bonds. The van der Waals surface area contributed by atoms with Gasteiger partial charge < -0.3 is 10.2 Å². The molecule has 0 aliphatic heterocycles. The Morgan fingerprint density at radius 1 is 1.07 bits per heavy atom. The highest BCUT2D eigenvalue weighted by molar-refractivity contribution is 7.93. The van der Waals surface area contributed by atoms with Crippen LogP contribution in [0.3, 0.4) is 0 Å². The average molecular weight is 394 g/mol. The molecule has 0 spiro atoms. The van der Waals surface area contributed by atoms with Crippen molar-refractivity contribution in [3.8, 4) is 0 Å². The second kappa shape index (κ2) is 7.41. The number of carboxylic acid groups (broad SMARTS) is 2. The maximum absolute atomic E-state index is 13.1. The maximum Gasteiger partial charge on any atom is 0.335 e. The van der Waals surface area contributed by atoms with Gasteiger partial charge in [0.1, 0.15) is 6.04 Å². The summed E-state index contributed by atoms with van der Waals surface area (Å²) in [5.41, 5.74) is -0.986. The number of para-hydroxylation sites is 1. The summed E-state index contributed by atoms with van der Waals surface area (Å²) in [6.07, 6.45) is 0. The monoisotopic (exact) mass is 394 g/mol. The van der Waals surface area contributed by atoms with Gasteiger partial charge in [-0.1, -0.05) is 12.1 Å². The molecule has 2 aromatic carbocycles. The number of hydrogen-bond donors (Lipinski definition) is 2. The predicted molar refractivity (Wildman–Crippen MR) is 93.3 cm³/mol. The van der Waals surface area contributed by atoms with Crippen molar-refractivity contribution in [3.05, 3.63) is 64.2 Å². The lowest BCUT2D eigenvalue weighted by Crippen LogP contribution is -2.43. The van der Waals surface area contributed by atoms with Gasteiger partial charge in [0.05, 0.1) is 16.2 Å². The average Bonchev–Trinajstić information content (AvgIpc) is 2.61. The van der Waals surface area contributed by atoms with Gasteiger partial charge in [-0.3, -0.25) is 14.4 Å². The Morgan fingerprint density at radius 2 is 1.63 bits per heavy atom. The minimum atomic E-state index is -4.64. The molecule has 0 aromatic heterocycles. The van der Waals surface area contributed by atoms with E-state index in [4.69, 9.17) is 5.11 Å². The summed E-state index contributed by atoms with van der Waals surface area (Å²) < 4.78 is 26.6. The van der Waals surface area contributed by atoms with E-state index in [1.54, 1.807) is 0 Å². The molecule has 0 bridgehead atoms. The summed E-state index contributed by atoms with van der Waals surface area (Å²) in [7, 11) is -4.64. The molecule has 2 aromatic rings. The number of anilines is 1. The first-order chi connectivity index (χ1) is 12.6. The molecule has 10 nitrogen and oxygen atoms in total. The van der Waals surface area contributed by atoms with Crippen LogP contribution in [0, 0.1) is 10.1 Å². The van der Waals surface area contributed by atoms with Crippen molar-refractivity contribution in [1.82, 2.24) is 0 Å². The zero-order valence-corrected chi connectivity index (χ0v) is 14.7. The van der Waals surface area contributed by atoms with Gasteiger partial charge in [0.2, 0.25) is 0 Å².